The van der Waals surface area contributed by atoms with E-state index in [9.17, 15) is 4.79 Å². The second-order valence-electron chi connectivity index (χ2n) is 8.60. The van der Waals surface area contributed by atoms with E-state index in [1.807, 2.05) is 25.7 Å². The summed E-state index contributed by atoms with van der Waals surface area (Å²) in [4.78, 5) is 14.2. The third-order valence-corrected chi connectivity index (χ3v) is 4.80. The van der Waals surface area contributed by atoms with Gasteiger partial charge in [0.1, 0.15) is 5.60 Å². The lowest BCUT2D eigenvalue weighted by Crippen LogP contribution is -2.50. The summed E-state index contributed by atoms with van der Waals surface area (Å²) in [5.41, 5.74) is -0.267. The average molecular weight is 322 g/mol. The molecular weight excluding hydrogens is 288 g/mol. The van der Waals surface area contributed by atoms with Gasteiger partial charge in [0.25, 0.3) is 0 Å². The second kappa shape index (κ2) is 7.69. The lowest BCUT2D eigenvalue weighted by atomic mass is 9.81. The molecule has 2 rings (SSSR count). The van der Waals surface area contributed by atoms with Crippen LogP contribution >= 0.6 is 0 Å². The van der Waals surface area contributed by atoms with Gasteiger partial charge in [0.05, 0.1) is 0 Å². The third kappa shape index (κ3) is 6.17. The van der Waals surface area contributed by atoms with E-state index in [-0.39, 0.29) is 11.5 Å². The Bertz CT molecular complexity index is 428. The molecule has 23 heavy (non-hydrogen) atoms. The van der Waals surface area contributed by atoms with Crippen LogP contribution in [0.2, 0.25) is 0 Å². The fraction of sp³-hybridized carbons (Fsp3) is 0.842. The Morgan fingerprint density at radius 2 is 2.17 bits per heavy atom. The molecule has 1 fully saturated rings. The molecule has 1 amide bonds. The molecule has 0 saturated carbocycles. The van der Waals surface area contributed by atoms with Crippen LogP contribution in [0.25, 0.3) is 0 Å². The first-order valence-electron chi connectivity index (χ1n) is 9.11. The van der Waals surface area contributed by atoms with Crippen LogP contribution in [0.4, 0.5) is 4.79 Å². The molecule has 0 aromatic carbocycles. The molecular formula is C19H34N2O2. The molecule has 4 nitrogen and oxygen atoms in total. The van der Waals surface area contributed by atoms with Crippen molar-refractivity contribution >= 4 is 6.09 Å². The van der Waals surface area contributed by atoms with Gasteiger partial charge in [-0.15, -0.1) is 0 Å². The molecule has 0 spiro atoms. The molecule has 0 aromatic rings. The standard InChI is InChI=1S/C19H34N2O2/c1-18(2,3)23-17(22)21-12-8-11-19(4,15-21)14-20-13-16-9-6-5-7-10-16/h5-6,16,20H,7-15H2,1-4H3. The van der Waals surface area contributed by atoms with Crippen molar-refractivity contribution in [3.8, 4) is 0 Å². The van der Waals surface area contributed by atoms with Crippen LogP contribution in [0.5, 0.6) is 0 Å². The number of carbonyl (C=O) groups excluding carboxylic acids is 1. The van der Waals surface area contributed by atoms with Gasteiger partial charge in [-0.05, 0) is 70.8 Å². The van der Waals surface area contributed by atoms with Gasteiger partial charge in [-0.1, -0.05) is 19.1 Å². The molecule has 1 saturated heterocycles. The van der Waals surface area contributed by atoms with Crippen molar-refractivity contribution in [1.29, 1.82) is 0 Å². The Kier molecular flexibility index (Phi) is 6.12. The Hall–Kier alpha value is -1.03. The summed E-state index contributed by atoms with van der Waals surface area (Å²) in [6.45, 7) is 11.7. The quantitative estimate of drug-likeness (QED) is 0.796. The van der Waals surface area contributed by atoms with Crippen LogP contribution in [-0.4, -0.2) is 42.8 Å². The van der Waals surface area contributed by atoms with Gasteiger partial charge >= 0.3 is 6.09 Å². The predicted molar refractivity (Wildman–Crippen MR) is 94.5 cm³/mol. The minimum atomic E-state index is -0.419. The minimum Gasteiger partial charge on any atom is -0.444 e. The molecule has 4 heteroatoms. The molecule has 2 atom stereocenters. The van der Waals surface area contributed by atoms with Crippen LogP contribution in [0.3, 0.4) is 0 Å². The molecule has 1 aliphatic heterocycles. The SMILES string of the molecule is CC1(CNCC2CC=CCC2)CCCN(C(=O)OC(C)(C)C)C1. The molecule has 2 unspecified atom stereocenters. The zero-order valence-electron chi connectivity index (χ0n) is 15.4. The first kappa shape index (κ1) is 18.3. The van der Waals surface area contributed by atoms with Crippen LogP contribution < -0.4 is 5.32 Å². The highest BCUT2D eigenvalue weighted by molar-refractivity contribution is 5.68. The van der Waals surface area contributed by atoms with Crippen molar-refractivity contribution in [3.05, 3.63) is 12.2 Å². The van der Waals surface area contributed by atoms with Gasteiger partial charge in [-0.2, -0.15) is 0 Å². The summed E-state index contributed by atoms with van der Waals surface area (Å²) >= 11 is 0. The maximum atomic E-state index is 12.3. The van der Waals surface area contributed by atoms with Gasteiger partial charge in [-0.25, -0.2) is 4.79 Å². The first-order chi connectivity index (χ1) is 10.8. The van der Waals surface area contributed by atoms with E-state index in [2.05, 4.69) is 24.4 Å². The Morgan fingerprint density at radius 1 is 1.39 bits per heavy atom. The molecule has 132 valence electrons. The maximum absolute atomic E-state index is 12.3. The number of allylic oxidation sites excluding steroid dienone is 2. The summed E-state index contributed by atoms with van der Waals surface area (Å²) in [6, 6.07) is 0. The van der Waals surface area contributed by atoms with Gasteiger partial charge < -0.3 is 15.0 Å². The monoisotopic (exact) mass is 322 g/mol. The van der Waals surface area contributed by atoms with Crippen molar-refractivity contribution in [1.82, 2.24) is 10.2 Å². The summed E-state index contributed by atoms with van der Waals surface area (Å²) < 4.78 is 5.53. The average Bonchev–Trinajstić information content (AvgIpc) is 2.46. The van der Waals surface area contributed by atoms with Crippen molar-refractivity contribution in [2.75, 3.05) is 26.2 Å². The number of piperidine rings is 1. The van der Waals surface area contributed by atoms with Crippen LogP contribution in [0.15, 0.2) is 12.2 Å². The van der Waals surface area contributed by atoms with Gasteiger partial charge in [0, 0.05) is 19.6 Å². The topological polar surface area (TPSA) is 41.6 Å². The summed E-state index contributed by atoms with van der Waals surface area (Å²) in [5.74, 6) is 0.772. The number of amides is 1. The van der Waals surface area contributed by atoms with Crippen molar-refractivity contribution < 1.29 is 9.53 Å². The third-order valence-electron chi connectivity index (χ3n) is 4.80. The number of hydrogen-bond acceptors (Lipinski definition) is 3. The Labute approximate surface area is 141 Å². The second-order valence-corrected chi connectivity index (χ2v) is 8.60. The van der Waals surface area contributed by atoms with Crippen LogP contribution in [0.1, 0.15) is 59.8 Å². The van der Waals surface area contributed by atoms with E-state index < -0.39 is 5.60 Å². The van der Waals surface area contributed by atoms with E-state index >= 15 is 0 Å². The van der Waals surface area contributed by atoms with E-state index in [0.717, 1.165) is 38.5 Å². The number of likely N-dealkylation sites (tertiary alicyclic amines) is 1. The largest absolute Gasteiger partial charge is 0.444 e. The van der Waals surface area contributed by atoms with Crippen LogP contribution in [-0.2, 0) is 4.74 Å². The first-order valence-corrected chi connectivity index (χ1v) is 9.11. The normalized spacial score (nSPS) is 28.7. The van der Waals surface area contributed by atoms with Crippen molar-refractivity contribution in [3.63, 3.8) is 0 Å². The fourth-order valence-electron chi connectivity index (χ4n) is 3.56. The number of nitrogens with one attached hydrogen (secondary N) is 1. The highest BCUT2D eigenvalue weighted by Crippen LogP contribution is 2.30. The zero-order valence-corrected chi connectivity index (χ0v) is 15.4. The number of carbonyl (C=O) groups is 1. The maximum Gasteiger partial charge on any atom is 0.410 e. The number of hydrogen-bond donors (Lipinski definition) is 1. The Morgan fingerprint density at radius 3 is 2.83 bits per heavy atom. The molecule has 0 radical (unpaired) electrons. The predicted octanol–water partition coefficient (Wildman–Crippen LogP) is 3.97. The summed E-state index contributed by atoms with van der Waals surface area (Å²) in [6.07, 6.45) is 10.4. The van der Waals surface area contributed by atoms with Crippen molar-refractivity contribution in [2.24, 2.45) is 11.3 Å². The van der Waals surface area contributed by atoms with E-state index in [1.165, 1.54) is 25.7 Å². The smallest absolute Gasteiger partial charge is 0.410 e. The minimum absolute atomic E-state index is 0.152. The van der Waals surface area contributed by atoms with E-state index in [4.69, 9.17) is 4.74 Å². The molecule has 2 aliphatic rings. The number of ether oxygens (including phenoxy) is 1. The highest BCUT2D eigenvalue weighted by atomic mass is 16.6. The van der Waals surface area contributed by atoms with Gasteiger partial charge in [0.15, 0.2) is 0 Å². The number of rotatable bonds is 4. The van der Waals surface area contributed by atoms with E-state index in [1.54, 1.807) is 0 Å². The molecule has 1 heterocycles. The zero-order chi connectivity index (χ0) is 16.9. The number of nitrogens with zero attached hydrogens (tertiary/aromatic N) is 1. The lowest BCUT2D eigenvalue weighted by molar-refractivity contribution is 0.00669. The summed E-state index contributed by atoms with van der Waals surface area (Å²) in [5, 5.41) is 3.66. The highest BCUT2D eigenvalue weighted by Gasteiger charge is 2.34. The fourth-order valence-corrected chi connectivity index (χ4v) is 3.56. The lowest BCUT2D eigenvalue weighted by Gasteiger charge is -2.41. The van der Waals surface area contributed by atoms with Gasteiger partial charge in [0.2, 0.25) is 0 Å². The van der Waals surface area contributed by atoms with Crippen LogP contribution in [0, 0.1) is 11.3 Å². The van der Waals surface area contributed by atoms with Crippen molar-refractivity contribution in [2.45, 2.75) is 65.4 Å². The van der Waals surface area contributed by atoms with Gasteiger partial charge in [-0.3, -0.25) is 0 Å². The molecule has 0 bridgehead atoms. The molecule has 1 N–H and O–H groups in total. The molecule has 1 aliphatic carbocycles. The molecule has 0 aromatic heterocycles. The Balaban J connectivity index is 1.78. The summed E-state index contributed by atoms with van der Waals surface area (Å²) in [7, 11) is 0. The van der Waals surface area contributed by atoms with E-state index in [0.29, 0.717) is 0 Å².